The summed E-state index contributed by atoms with van der Waals surface area (Å²) < 4.78 is 8.83. The number of fused-ring (bicyclic) bond motifs is 1. The molecule has 5 aromatic rings. The number of para-hydroxylation sites is 3. The zero-order valence-corrected chi connectivity index (χ0v) is 18.2. The van der Waals surface area contributed by atoms with E-state index in [-0.39, 0.29) is 24.4 Å². The molecule has 0 radical (unpaired) electrons. The van der Waals surface area contributed by atoms with Gasteiger partial charge >= 0.3 is 0 Å². The lowest BCUT2D eigenvalue weighted by Gasteiger charge is -2.10. The molecule has 0 saturated carbocycles. The Morgan fingerprint density at radius 3 is 2.47 bits per heavy atom. The Balaban J connectivity index is 1.26. The molecule has 0 atom stereocenters. The largest absolute Gasteiger partial charge is 0.492 e. The molecule has 168 valence electrons. The fourth-order valence-electron chi connectivity index (χ4n) is 3.56. The Labute approximate surface area is 195 Å². The Morgan fingerprint density at radius 2 is 1.65 bits per heavy atom. The number of hydrogen-bond acceptors (Lipinski definition) is 5. The van der Waals surface area contributed by atoms with E-state index >= 15 is 0 Å². The summed E-state index contributed by atoms with van der Waals surface area (Å²) in [6.07, 6.45) is 1.77. The van der Waals surface area contributed by atoms with Gasteiger partial charge in [0.15, 0.2) is 0 Å². The number of imidazole rings is 1. The highest BCUT2D eigenvalue weighted by Gasteiger charge is 2.11. The molecule has 0 aliphatic carbocycles. The van der Waals surface area contributed by atoms with Crippen LogP contribution in [0.5, 0.6) is 5.75 Å². The van der Waals surface area contributed by atoms with Crippen LogP contribution in [0.3, 0.4) is 0 Å². The molecule has 3 aromatic carbocycles. The summed E-state index contributed by atoms with van der Waals surface area (Å²) >= 11 is 0. The monoisotopic (exact) mass is 451 g/mol. The minimum atomic E-state index is -0.404. The molecule has 0 aliphatic heterocycles. The van der Waals surface area contributed by atoms with Crippen LogP contribution in [-0.2, 0) is 6.54 Å². The van der Waals surface area contributed by atoms with Crippen molar-refractivity contribution in [2.24, 2.45) is 0 Å². The molecule has 0 bridgehead atoms. The van der Waals surface area contributed by atoms with Gasteiger partial charge in [-0.15, -0.1) is 0 Å². The first-order chi connectivity index (χ1) is 16.7. The average molecular weight is 451 g/mol. The van der Waals surface area contributed by atoms with Crippen LogP contribution in [0.1, 0.15) is 10.5 Å². The molecule has 34 heavy (non-hydrogen) atoms. The molecule has 1 N–H and O–H groups in total. The Bertz CT molecular complexity index is 1490. The van der Waals surface area contributed by atoms with Crippen molar-refractivity contribution >= 4 is 22.6 Å². The van der Waals surface area contributed by atoms with Gasteiger partial charge in [0, 0.05) is 17.4 Å². The average Bonchev–Trinajstić information content (AvgIpc) is 3.30. The second-order valence-corrected chi connectivity index (χ2v) is 7.55. The number of carbonyl (C=O) groups excluding carboxylic acids is 1. The number of benzene rings is 3. The molecule has 0 unspecified atom stereocenters. The van der Waals surface area contributed by atoms with Crippen molar-refractivity contribution in [2.45, 2.75) is 6.54 Å². The van der Waals surface area contributed by atoms with Gasteiger partial charge in [-0.3, -0.25) is 14.2 Å². The number of nitrogens with zero attached hydrogens (tertiary/aromatic N) is 4. The van der Waals surface area contributed by atoms with Crippen LogP contribution >= 0.6 is 0 Å². The summed E-state index contributed by atoms with van der Waals surface area (Å²) in [4.78, 5) is 29.3. The van der Waals surface area contributed by atoms with Gasteiger partial charge in [-0.05, 0) is 54.6 Å². The van der Waals surface area contributed by atoms with E-state index in [0.29, 0.717) is 11.4 Å². The number of carbonyl (C=O) groups is 1. The number of rotatable bonds is 7. The number of amides is 1. The van der Waals surface area contributed by atoms with Gasteiger partial charge in [0.05, 0.1) is 17.6 Å². The van der Waals surface area contributed by atoms with E-state index in [2.05, 4.69) is 15.4 Å². The molecule has 0 fully saturated rings. The molecule has 2 aromatic heterocycles. The van der Waals surface area contributed by atoms with E-state index < -0.39 is 5.91 Å². The summed E-state index contributed by atoms with van der Waals surface area (Å²) in [5.41, 5.74) is 3.30. The van der Waals surface area contributed by atoms with Crippen LogP contribution in [0.15, 0.2) is 102 Å². The number of nitrogens with one attached hydrogen (secondary N) is 1. The van der Waals surface area contributed by atoms with E-state index in [4.69, 9.17) is 4.74 Å². The smallest absolute Gasteiger partial charge is 0.276 e. The van der Waals surface area contributed by atoms with E-state index in [0.717, 1.165) is 16.7 Å². The van der Waals surface area contributed by atoms with Gasteiger partial charge in [-0.2, -0.15) is 5.10 Å². The SMILES string of the molecule is O=C(Nc1ccc(-n2cnc3ccccc32)cc1)c1ccc(=O)n(CCOc2ccccc2)n1. The Morgan fingerprint density at radius 1 is 0.882 bits per heavy atom. The van der Waals surface area contributed by atoms with E-state index in [9.17, 15) is 9.59 Å². The summed E-state index contributed by atoms with van der Waals surface area (Å²) in [5.74, 6) is 0.301. The van der Waals surface area contributed by atoms with Gasteiger partial charge in [-0.1, -0.05) is 30.3 Å². The second kappa shape index (κ2) is 9.41. The number of ether oxygens (including phenoxy) is 1. The van der Waals surface area contributed by atoms with Crippen LogP contribution in [0, 0.1) is 0 Å². The highest BCUT2D eigenvalue weighted by atomic mass is 16.5. The summed E-state index contributed by atoms with van der Waals surface area (Å²) in [7, 11) is 0. The van der Waals surface area contributed by atoms with Crippen molar-refractivity contribution in [3.05, 3.63) is 113 Å². The molecule has 0 aliphatic rings. The van der Waals surface area contributed by atoms with Gasteiger partial charge in [-0.25, -0.2) is 9.67 Å². The fraction of sp³-hybridized carbons (Fsp3) is 0.0769. The van der Waals surface area contributed by atoms with Crippen molar-refractivity contribution in [3.8, 4) is 11.4 Å². The fourth-order valence-corrected chi connectivity index (χ4v) is 3.56. The van der Waals surface area contributed by atoms with E-state index in [1.54, 1.807) is 6.33 Å². The third kappa shape index (κ3) is 4.56. The summed E-state index contributed by atoms with van der Waals surface area (Å²) in [6, 6.07) is 27.4. The molecule has 8 heteroatoms. The maximum atomic E-state index is 12.7. The summed E-state index contributed by atoms with van der Waals surface area (Å²) in [6.45, 7) is 0.481. The lowest BCUT2D eigenvalue weighted by atomic mass is 10.2. The summed E-state index contributed by atoms with van der Waals surface area (Å²) in [5, 5.41) is 7.02. The molecule has 0 spiro atoms. The van der Waals surface area contributed by atoms with E-state index in [1.807, 2.05) is 83.4 Å². The van der Waals surface area contributed by atoms with Crippen molar-refractivity contribution in [1.82, 2.24) is 19.3 Å². The van der Waals surface area contributed by atoms with Crippen molar-refractivity contribution in [1.29, 1.82) is 0 Å². The first kappa shape index (κ1) is 21.1. The highest BCUT2D eigenvalue weighted by Crippen LogP contribution is 2.19. The number of aromatic nitrogens is 4. The maximum absolute atomic E-state index is 12.7. The van der Waals surface area contributed by atoms with Crippen molar-refractivity contribution in [3.63, 3.8) is 0 Å². The van der Waals surface area contributed by atoms with Gasteiger partial charge < -0.3 is 10.1 Å². The zero-order chi connectivity index (χ0) is 23.3. The topological polar surface area (TPSA) is 91.0 Å². The quantitative estimate of drug-likeness (QED) is 0.405. The molecular formula is C26H21N5O3. The van der Waals surface area contributed by atoms with Gasteiger partial charge in [0.1, 0.15) is 24.4 Å². The highest BCUT2D eigenvalue weighted by molar-refractivity contribution is 6.02. The molecular weight excluding hydrogens is 430 g/mol. The van der Waals surface area contributed by atoms with Crippen molar-refractivity contribution < 1.29 is 9.53 Å². The normalized spacial score (nSPS) is 10.8. The predicted molar refractivity (Wildman–Crippen MR) is 129 cm³/mol. The first-order valence-corrected chi connectivity index (χ1v) is 10.8. The van der Waals surface area contributed by atoms with Crippen LogP contribution < -0.4 is 15.6 Å². The van der Waals surface area contributed by atoms with Crippen LogP contribution in [-0.4, -0.2) is 31.8 Å². The minimum absolute atomic E-state index is 0.143. The van der Waals surface area contributed by atoms with E-state index in [1.165, 1.54) is 16.8 Å². The third-order valence-corrected chi connectivity index (χ3v) is 5.27. The zero-order valence-electron chi connectivity index (χ0n) is 18.2. The third-order valence-electron chi connectivity index (χ3n) is 5.27. The second-order valence-electron chi connectivity index (χ2n) is 7.55. The first-order valence-electron chi connectivity index (χ1n) is 10.8. The van der Waals surface area contributed by atoms with Crippen LogP contribution in [0.25, 0.3) is 16.7 Å². The standard InChI is InChI=1S/C26H21N5O3/c32-25-15-14-23(29-31(25)16-17-34-21-6-2-1-3-7-21)26(33)28-19-10-12-20(13-11-19)30-18-27-22-8-4-5-9-24(22)30/h1-15,18H,16-17H2,(H,28,33). The molecule has 8 nitrogen and oxygen atoms in total. The molecule has 5 rings (SSSR count). The minimum Gasteiger partial charge on any atom is -0.492 e. The molecule has 0 saturated heterocycles. The van der Waals surface area contributed by atoms with Crippen molar-refractivity contribution in [2.75, 3.05) is 11.9 Å². The number of hydrogen-bond donors (Lipinski definition) is 1. The van der Waals surface area contributed by atoms with Gasteiger partial charge in [0.2, 0.25) is 0 Å². The maximum Gasteiger partial charge on any atom is 0.276 e. The predicted octanol–water partition coefficient (Wildman–Crippen LogP) is 3.91. The molecule has 2 heterocycles. The Kier molecular flexibility index (Phi) is 5.85. The number of anilines is 1. The van der Waals surface area contributed by atoms with Crippen LogP contribution in [0.2, 0.25) is 0 Å². The Hall–Kier alpha value is -4.72. The lowest BCUT2D eigenvalue weighted by Crippen LogP contribution is -2.28. The lowest BCUT2D eigenvalue weighted by molar-refractivity contribution is 0.101. The van der Waals surface area contributed by atoms with Gasteiger partial charge in [0.25, 0.3) is 11.5 Å². The molecule has 1 amide bonds. The van der Waals surface area contributed by atoms with Crippen LogP contribution in [0.4, 0.5) is 5.69 Å².